The van der Waals surface area contributed by atoms with Crippen molar-refractivity contribution in [2.24, 2.45) is 0 Å². The van der Waals surface area contributed by atoms with E-state index in [1.807, 2.05) is 0 Å². The Balaban J connectivity index is 3.45. The van der Waals surface area contributed by atoms with Crippen LogP contribution in [0.5, 0.6) is 0 Å². The van der Waals surface area contributed by atoms with Gasteiger partial charge in [0.05, 0.1) is 15.9 Å². The summed E-state index contributed by atoms with van der Waals surface area (Å²) in [7, 11) is 0. The van der Waals surface area contributed by atoms with E-state index < -0.39 is 16.2 Å². The maximum atomic E-state index is 13.0. The van der Waals surface area contributed by atoms with E-state index in [1.54, 1.807) is 13.8 Å². The van der Waals surface area contributed by atoms with Crippen molar-refractivity contribution < 1.29 is 9.31 Å². The molecule has 0 unspecified atom stereocenters. The summed E-state index contributed by atoms with van der Waals surface area (Å²) in [6.45, 7) is 3.27. The molecule has 0 saturated carbocycles. The molecule has 3 nitrogen and oxygen atoms in total. The zero-order valence-electron chi connectivity index (χ0n) is 8.45. The maximum Gasteiger partial charge on any atom is 0.274 e. The molecule has 0 spiro atoms. The predicted octanol–water partition coefficient (Wildman–Crippen LogP) is 2.64. The number of halogens is 1. The third kappa shape index (κ3) is 2.13. The van der Waals surface area contributed by atoms with Gasteiger partial charge in [-0.1, -0.05) is 5.92 Å². The SMILES string of the molecule is C#CC(C)(C)c1cc(F)ccc1[N+](=O)[O-]. The first-order valence-corrected chi connectivity index (χ1v) is 4.30. The molecule has 15 heavy (non-hydrogen) atoms. The standard InChI is InChI=1S/C11H10FNO2/c1-4-11(2,3)9-7-8(12)5-6-10(9)13(14)15/h1,5-7H,2-3H3. The van der Waals surface area contributed by atoms with Crippen LogP contribution in [0.25, 0.3) is 0 Å². The molecule has 0 aromatic heterocycles. The Morgan fingerprint density at radius 1 is 1.53 bits per heavy atom. The van der Waals surface area contributed by atoms with Gasteiger partial charge in [-0.05, 0) is 26.0 Å². The average Bonchev–Trinajstić information content (AvgIpc) is 2.17. The normalized spacial score (nSPS) is 10.8. The van der Waals surface area contributed by atoms with Crippen molar-refractivity contribution in [2.45, 2.75) is 19.3 Å². The van der Waals surface area contributed by atoms with Crippen LogP contribution in [-0.2, 0) is 5.41 Å². The smallest absolute Gasteiger partial charge is 0.258 e. The molecule has 0 N–H and O–H groups in total. The molecular weight excluding hydrogens is 197 g/mol. The van der Waals surface area contributed by atoms with Gasteiger partial charge in [0.25, 0.3) is 5.69 Å². The molecule has 0 amide bonds. The Labute approximate surface area is 87.1 Å². The van der Waals surface area contributed by atoms with E-state index in [0.717, 1.165) is 18.2 Å². The Hall–Kier alpha value is -1.89. The minimum atomic E-state index is -0.857. The summed E-state index contributed by atoms with van der Waals surface area (Å²) in [6, 6.07) is 3.29. The van der Waals surface area contributed by atoms with E-state index >= 15 is 0 Å². The van der Waals surface area contributed by atoms with Crippen LogP contribution in [-0.4, -0.2) is 4.92 Å². The molecule has 78 valence electrons. The highest BCUT2D eigenvalue weighted by Crippen LogP contribution is 2.31. The third-order valence-electron chi connectivity index (χ3n) is 2.19. The van der Waals surface area contributed by atoms with Gasteiger partial charge in [0.2, 0.25) is 0 Å². The summed E-state index contributed by atoms with van der Waals surface area (Å²) in [5.41, 5.74) is -0.792. The molecule has 0 heterocycles. The second kappa shape index (κ2) is 3.70. The molecule has 0 atom stereocenters. The van der Waals surface area contributed by atoms with Crippen molar-refractivity contribution in [1.82, 2.24) is 0 Å². The molecule has 0 bridgehead atoms. The highest BCUT2D eigenvalue weighted by molar-refractivity contribution is 5.48. The van der Waals surface area contributed by atoms with Crippen LogP contribution in [0.1, 0.15) is 19.4 Å². The van der Waals surface area contributed by atoms with Gasteiger partial charge in [0.15, 0.2) is 0 Å². The Morgan fingerprint density at radius 3 is 2.60 bits per heavy atom. The lowest BCUT2D eigenvalue weighted by atomic mass is 9.84. The first-order valence-electron chi connectivity index (χ1n) is 4.30. The van der Waals surface area contributed by atoms with Crippen molar-refractivity contribution in [1.29, 1.82) is 0 Å². The molecule has 0 aliphatic heterocycles. The van der Waals surface area contributed by atoms with Crippen molar-refractivity contribution in [3.63, 3.8) is 0 Å². The lowest BCUT2D eigenvalue weighted by Crippen LogP contribution is -2.16. The average molecular weight is 207 g/mol. The van der Waals surface area contributed by atoms with Crippen molar-refractivity contribution in [2.75, 3.05) is 0 Å². The van der Waals surface area contributed by atoms with Crippen LogP contribution in [0.2, 0.25) is 0 Å². The van der Waals surface area contributed by atoms with Crippen LogP contribution in [0.4, 0.5) is 10.1 Å². The van der Waals surface area contributed by atoms with Crippen molar-refractivity contribution in [3.8, 4) is 12.3 Å². The van der Waals surface area contributed by atoms with E-state index in [1.165, 1.54) is 0 Å². The quantitative estimate of drug-likeness (QED) is 0.425. The number of nitro groups is 1. The van der Waals surface area contributed by atoms with Crippen LogP contribution >= 0.6 is 0 Å². The minimum Gasteiger partial charge on any atom is -0.258 e. The molecule has 1 rings (SSSR count). The van der Waals surface area contributed by atoms with E-state index in [4.69, 9.17) is 6.42 Å². The van der Waals surface area contributed by atoms with Crippen LogP contribution < -0.4 is 0 Å². The Bertz CT molecular complexity index is 446. The summed E-state index contributed by atoms with van der Waals surface area (Å²) < 4.78 is 13.0. The molecule has 0 aliphatic rings. The highest BCUT2D eigenvalue weighted by Gasteiger charge is 2.27. The first kappa shape index (κ1) is 11.2. The lowest BCUT2D eigenvalue weighted by molar-refractivity contribution is -0.385. The number of hydrogen-bond donors (Lipinski definition) is 0. The van der Waals surface area contributed by atoms with Crippen LogP contribution in [0.3, 0.4) is 0 Å². The fraction of sp³-hybridized carbons (Fsp3) is 0.273. The Kier molecular flexibility index (Phi) is 2.76. The molecule has 0 radical (unpaired) electrons. The summed E-state index contributed by atoms with van der Waals surface area (Å²) in [4.78, 5) is 10.1. The van der Waals surface area contributed by atoms with Crippen LogP contribution in [0.15, 0.2) is 18.2 Å². The second-order valence-corrected chi connectivity index (χ2v) is 3.69. The molecule has 4 heteroatoms. The van der Waals surface area contributed by atoms with Gasteiger partial charge >= 0.3 is 0 Å². The summed E-state index contributed by atoms with van der Waals surface area (Å²) >= 11 is 0. The molecular formula is C11H10FNO2. The number of rotatable bonds is 2. The van der Waals surface area contributed by atoms with Gasteiger partial charge in [-0.25, -0.2) is 4.39 Å². The van der Waals surface area contributed by atoms with Gasteiger partial charge in [-0.3, -0.25) is 10.1 Å². The number of nitrogens with zero attached hydrogens (tertiary/aromatic N) is 1. The topological polar surface area (TPSA) is 43.1 Å². The van der Waals surface area contributed by atoms with Crippen molar-refractivity contribution in [3.05, 3.63) is 39.7 Å². The first-order chi connectivity index (χ1) is 6.88. The van der Waals surface area contributed by atoms with Crippen LogP contribution in [0, 0.1) is 28.3 Å². The third-order valence-corrected chi connectivity index (χ3v) is 2.19. The fourth-order valence-corrected chi connectivity index (χ4v) is 1.25. The van der Waals surface area contributed by atoms with Crippen molar-refractivity contribution >= 4 is 5.69 Å². The molecule has 1 aromatic carbocycles. The summed E-state index contributed by atoms with van der Waals surface area (Å²) in [5, 5.41) is 10.7. The fourth-order valence-electron chi connectivity index (χ4n) is 1.25. The van der Waals surface area contributed by atoms with Gasteiger partial charge in [0.1, 0.15) is 5.82 Å². The number of nitro benzene ring substituents is 1. The number of hydrogen-bond acceptors (Lipinski definition) is 2. The van der Waals surface area contributed by atoms with Gasteiger partial charge in [-0.2, -0.15) is 0 Å². The zero-order valence-corrected chi connectivity index (χ0v) is 8.45. The zero-order chi connectivity index (χ0) is 11.6. The lowest BCUT2D eigenvalue weighted by Gasteiger charge is -2.17. The van der Waals surface area contributed by atoms with E-state index in [-0.39, 0.29) is 11.3 Å². The predicted molar refractivity (Wildman–Crippen MR) is 54.9 cm³/mol. The van der Waals surface area contributed by atoms with Gasteiger partial charge < -0.3 is 0 Å². The Morgan fingerprint density at radius 2 is 2.13 bits per heavy atom. The molecule has 0 saturated heterocycles. The van der Waals surface area contributed by atoms with E-state index in [2.05, 4.69) is 5.92 Å². The highest BCUT2D eigenvalue weighted by atomic mass is 19.1. The molecule has 0 fully saturated rings. The largest absolute Gasteiger partial charge is 0.274 e. The molecule has 1 aromatic rings. The molecule has 0 aliphatic carbocycles. The monoisotopic (exact) mass is 207 g/mol. The minimum absolute atomic E-state index is 0.153. The van der Waals surface area contributed by atoms with Gasteiger partial charge in [-0.15, -0.1) is 6.42 Å². The maximum absolute atomic E-state index is 13.0. The summed E-state index contributed by atoms with van der Waals surface area (Å²) in [6.07, 6.45) is 5.26. The van der Waals surface area contributed by atoms with E-state index in [9.17, 15) is 14.5 Å². The second-order valence-electron chi connectivity index (χ2n) is 3.69. The number of benzene rings is 1. The van der Waals surface area contributed by atoms with E-state index in [0.29, 0.717) is 0 Å². The summed E-state index contributed by atoms with van der Waals surface area (Å²) in [5.74, 6) is 1.88. The van der Waals surface area contributed by atoms with Gasteiger partial charge in [0, 0.05) is 6.07 Å². The number of terminal acetylenes is 1.